The van der Waals surface area contributed by atoms with Crippen LogP contribution in [0.25, 0.3) is 21.8 Å². The van der Waals surface area contributed by atoms with Gasteiger partial charge < -0.3 is 9.88 Å². The van der Waals surface area contributed by atoms with E-state index in [2.05, 4.69) is 31.7 Å². The van der Waals surface area contributed by atoms with Crippen LogP contribution in [-0.4, -0.2) is 24.6 Å². The predicted octanol–water partition coefficient (Wildman–Crippen LogP) is 4.16. The minimum Gasteiger partial charge on any atom is -0.361 e. The fourth-order valence-electron chi connectivity index (χ4n) is 3.67. The van der Waals surface area contributed by atoms with Crippen LogP contribution in [0.2, 0.25) is 0 Å². The van der Waals surface area contributed by atoms with Crippen LogP contribution in [0.1, 0.15) is 5.56 Å². The highest BCUT2D eigenvalue weighted by atomic mass is 35.5. The van der Waals surface area contributed by atoms with E-state index in [0.29, 0.717) is 5.69 Å². The maximum absolute atomic E-state index is 11.4. The molecule has 0 saturated carbocycles. The van der Waals surface area contributed by atoms with Gasteiger partial charge in [-0.1, -0.05) is 0 Å². The minimum atomic E-state index is -3.28. The van der Waals surface area contributed by atoms with Crippen LogP contribution in [-0.2, 0) is 16.6 Å². The molecule has 0 unspecified atom stereocenters. The molecular weight excluding hydrogens is 384 g/mol. The number of halogens is 1. The van der Waals surface area contributed by atoms with E-state index >= 15 is 0 Å². The molecule has 1 aliphatic heterocycles. The monoisotopic (exact) mass is 400 g/mol. The Morgan fingerprint density at radius 2 is 1.85 bits per heavy atom. The van der Waals surface area contributed by atoms with Crippen molar-refractivity contribution in [1.82, 2.24) is 9.97 Å². The molecule has 0 atom stereocenters. The van der Waals surface area contributed by atoms with Crippen LogP contribution in [0.4, 0.5) is 17.1 Å². The molecule has 0 saturated heterocycles. The van der Waals surface area contributed by atoms with Crippen molar-refractivity contribution in [2.75, 3.05) is 15.9 Å². The standard InChI is InChI=1S/C19H16N4O2S.ClH/c1-26(24,25)22-13-2-4-14(5-3-13)23-11-12-10-21-15-6-7-16-19(18(12)15)17(23)8-9-20-16;/h2-10,20,22H,11H2,1H3;1H. The van der Waals surface area contributed by atoms with Gasteiger partial charge in [-0.05, 0) is 42.5 Å². The van der Waals surface area contributed by atoms with Crippen LogP contribution in [0.3, 0.4) is 0 Å². The van der Waals surface area contributed by atoms with Crippen molar-refractivity contribution < 1.29 is 8.42 Å². The second-order valence-electron chi connectivity index (χ2n) is 6.54. The zero-order valence-electron chi connectivity index (χ0n) is 14.4. The number of hydrogen-bond donors (Lipinski definition) is 2. The first-order chi connectivity index (χ1) is 12.5. The van der Waals surface area contributed by atoms with Gasteiger partial charge in [0.25, 0.3) is 0 Å². The van der Waals surface area contributed by atoms with Crippen LogP contribution < -0.4 is 9.62 Å². The molecule has 0 aliphatic carbocycles. The molecular formula is C19H17ClN4O2S. The molecule has 0 spiro atoms. The van der Waals surface area contributed by atoms with Gasteiger partial charge in [-0.2, -0.15) is 0 Å². The fraction of sp³-hybridized carbons (Fsp3) is 0.105. The largest absolute Gasteiger partial charge is 0.361 e. The van der Waals surface area contributed by atoms with Gasteiger partial charge in [-0.25, -0.2) is 8.42 Å². The van der Waals surface area contributed by atoms with Crippen molar-refractivity contribution in [3.8, 4) is 0 Å². The van der Waals surface area contributed by atoms with Crippen molar-refractivity contribution in [2.45, 2.75) is 6.54 Å². The first-order valence-corrected chi connectivity index (χ1v) is 10.1. The van der Waals surface area contributed by atoms with Crippen molar-refractivity contribution in [2.24, 2.45) is 0 Å². The SMILES string of the molecule is CS(=O)(=O)Nc1ccc(N2Cc3cnc4ccc5[nH]ccc2c5c34)cc1.Cl. The summed E-state index contributed by atoms with van der Waals surface area (Å²) in [6, 6.07) is 13.6. The number of benzene rings is 2. The minimum absolute atomic E-state index is 0. The van der Waals surface area contributed by atoms with Gasteiger partial charge in [0.15, 0.2) is 0 Å². The van der Waals surface area contributed by atoms with Gasteiger partial charge in [0.05, 0.1) is 24.0 Å². The fourth-order valence-corrected chi connectivity index (χ4v) is 4.23. The lowest BCUT2D eigenvalue weighted by atomic mass is 10.00. The van der Waals surface area contributed by atoms with Crippen molar-refractivity contribution in [1.29, 1.82) is 0 Å². The molecule has 4 aromatic rings. The molecule has 1 aliphatic rings. The maximum atomic E-state index is 11.4. The molecule has 138 valence electrons. The summed E-state index contributed by atoms with van der Waals surface area (Å²) in [6.45, 7) is 0.728. The Morgan fingerprint density at radius 1 is 1.07 bits per heavy atom. The lowest BCUT2D eigenvalue weighted by molar-refractivity contribution is 0.607. The molecule has 0 radical (unpaired) electrons. The first kappa shape index (κ1) is 17.6. The van der Waals surface area contributed by atoms with Crippen molar-refractivity contribution in [3.63, 3.8) is 0 Å². The van der Waals surface area contributed by atoms with Crippen molar-refractivity contribution >= 4 is 61.3 Å². The van der Waals surface area contributed by atoms with Crippen LogP contribution in [0.15, 0.2) is 54.9 Å². The molecule has 0 amide bonds. The van der Waals surface area contributed by atoms with E-state index in [1.807, 2.05) is 30.6 Å². The second kappa shape index (κ2) is 6.14. The van der Waals surface area contributed by atoms with E-state index in [4.69, 9.17) is 0 Å². The predicted molar refractivity (Wildman–Crippen MR) is 112 cm³/mol. The summed E-state index contributed by atoms with van der Waals surface area (Å²) in [6.07, 6.45) is 5.03. The zero-order chi connectivity index (χ0) is 17.9. The summed E-state index contributed by atoms with van der Waals surface area (Å²) in [7, 11) is -3.28. The highest BCUT2D eigenvalue weighted by molar-refractivity contribution is 7.92. The third-order valence-corrected chi connectivity index (χ3v) is 5.31. The van der Waals surface area contributed by atoms with Crippen LogP contribution in [0.5, 0.6) is 0 Å². The Hall–Kier alpha value is -2.77. The molecule has 0 bridgehead atoms. The van der Waals surface area contributed by atoms with E-state index in [1.165, 1.54) is 16.3 Å². The number of sulfonamides is 1. The normalized spacial score (nSPS) is 13.1. The third-order valence-electron chi connectivity index (χ3n) is 4.70. The number of aromatic nitrogens is 2. The summed E-state index contributed by atoms with van der Waals surface area (Å²) in [4.78, 5) is 10.1. The molecule has 2 N–H and O–H groups in total. The first-order valence-electron chi connectivity index (χ1n) is 8.23. The molecule has 27 heavy (non-hydrogen) atoms. The number of rotatable bonds is 3. The van der Waals surface area contributed by atoms with Gasteiger partial charge in [0.1, 0.15) is 0 Å². The van der Waals surface area contributed by atoms with Gasteiger partial charge in [-0.3, -0.25) is 9.71 Å². The number of anilines is 3. The Kier molecular flexibility index (Phi) is 4.01. The smallest absolute Gasteiger partial charge is 0.229 e. The Labute approximate surface area is 162 Å². The van der Waals surface area contributed by atoms with Crippen LogP contribution >= 0.6 is 12.4 Å². The van der Waals surface area contributed by atoms with Gasteiger partial charge >= 0.3 is 0 Å². The number of hydrogen-bond acceptors (Lipinski definition) is 4. The summed E-state index contributed by atoms with van der Waals surface area (Å²) < 4.78 is 25.3. The quantitative estimate of drug-likeness (QED) is 0.541. The highest BCUT2D eigenvalue weighted by Gasteiger charge is 2.23. The number of aromatic amines is 1. The third kappa shape index (κ3) is 2.89. The molecule has 2 aromatic carbocycles. The maximum Gasteiger partial charge on any atom is 0.229 e. The highest BCUT2D eigenvalue weighted by Crippen LogP contribution is 2.42. The lowest BCUT2D eigenvalue weighted by Crippen LogP contribution is -2.19. The number of pyridine rings is 1. The number of nitrogens with zero attached hydrogens (tertiary/aromatic N) is 2. The lowest BCUT2D eigenvalue weighted by Gasteiger charge is -2.30. The van der Waals surface area contributed by atoms with Crippen molar-refractivity contribution in [3.05, 3.63) is 60.4 Å². The Morgan fingerprint density at radius 3 is 2.59 bits per heavy atom. The summed E-state index contributed by atoms with van der Waals surface area (Å²) >= 11 is 0. The zero-order valence-corrected chi connectivity index (χ0v) is 16.1. The molecule has 8 heteroatoms. The van der Waals surface area contributed by atoms with Gasteiger partial charge in [0.2, 0.25) is 10.0 Å². The number of nitrogens with one attached hydrogen (secondary N) is 2. The second-order valence-corrected chi connectivity index (χ2v) is 8.28. The average molecular weight is 401 g/mol. The molecule has 6 nitrogen and oxygen atoms in total. The van der Waals surface area contributed by atoms with Crippen LogP contribution in [0, 0.1) is 0 Å². The van der Waals surface area contributed by atoms with E-state index in [-0.39, 0.29) is 12.4 Å². The number of H-pyrrole nitrogens is 1. The van der Waals surface area contributed by atoms with E-state index in [0.717, 1.165) is 35.2 Å². The summed E-state index contributed by atoms with van der Waals surface area (Å²) in [5.41, 5.74) is 5.95. The van der Waals surface area contributed by atoms with E-state index in [1.54, 1.807) is 12.1 Å². The summed E-state index contributed by atoms with van der Waals surface area (Å²) in [5, 5.41) is 2.38. The molecule has 2 aromatic heterocycles. The molecule has 0 fully saturated rings. The Bertz CT molecular complexity index is 1270. The summed E-state index contributed by atoms with van der Waals surface area (Å²) in [5.74, 6) is 0. The van der Waals surface area contributed by atoms with E-state index in [9.17, 15) is 8.42 Å². The van der Waals surface area contributed by atoms with E-state index < -0.39 is 10.0 Å². The Balaban J connectivity index is 0.00000180. The average Bonchev–Trinajstić information content (AvgIpc) is 3.03. The molecule has 5 rings (SSSR count). The molecule has 3 heterocycles. The van der Waals surface area contributed by atoms with Gasteiger partial charge in [0, 0.05) is 45.6 Å². The van der Waals surface area contributed by atoms with Gasteiger partial charge in [-0.15, -0.1) is 12.4 Å². The topological polar surface area (TPSA) is 78.1 Å².